The van der Waals surface area contributed by atoms with Crippen molar-refractivity contribution in [2.75, 3.05) is 22.1 Å². The Morgan fingerprint density at radius 2 is 1.83 bits per heavy atom. The molecule has 0 aromatic heterocycles. The van der Waals surface area contributed by atoms with Crippen LogP contribution in [-0.4, -0.2) is 35.3 Å². The van der Waals surface area contributed by atoms with E-state index in [1.54, 1.807) is 48.5 Å². The fourth-order valence-corrected chi connectivity index (χ4v) is 3.81. The molecule has 178 valence electrons. The lowest BCUT2D eigenvalue weighted by Crippen LogP contribution is -2.52. The lowest BCUT2D eigenvalue weighted by molar-refractivity contribution is -0.384. The summed E-state index contributed by atoms with van der Waals surface area (Å²) in [6, 6.07) is 17.5. The fourth-order valence-electron chi connectivity index (χ4n) is 3.81. The molecule has 3 aromatic rings. The van der Waals surface area contributed by atoms with Gasteiger partial charge in [0, 0.05) is 23.4 Å². The smallest absolute Gasteiger partial charge is 0.270 e. The number of fused-ring (bicyclic) bond motifs is 1. The Balaban J connectivity index is 1.62. The van der Waals surface area contributed by atoms with Gasteiger partial charge in [-0.2, -0.15) is 0 Å². The van der Waals surface area contributed by atoms with E-state index >= 15 is 0 Å². The number of carbonyl (C=O) groups excluding carboxylic acids is 3. The number of nitro benzene ring substituents is 1. The summed E-state index contributed by atoms with van der Waals surface area (Å²) in [6.07, 6.45) is -0.325. The third-order valence-electron chi connectivity index (χ3n) is 5.39. The van der Waals surface area contributed by atoms with Crippen molar-refractivity contribution < 1.29 is 24.0 Å². The molecule has 0 bridgehead atoms. The van der Waals surface area contributed by atoms with Gasteiger partial charge in [0.2, 0.25) is 11.8 Å². The van der Waals surface area contributed by atoms with Gasteiger partial charge in [-0.1, -0.05) is 18.2 Å². The molecule has 35 heavy (non-hydrogen) atoms. The van der Waals surface area contributed by atoms with E-state index in [9.17, 15) is 24.5 Å². The van der Waals surface area contributed by atoms with Crippen LogP contribution in [0, 0.1) is 10.1 Å². The minimum Gasteiger partial charge on any atom is -0.494 e. The first kappa shape index (κ1) is 23.4. The van der Waals surface area contributed by atoms with Crippen LogP contribution in [-0.2, 0) is 9.59 Å². The van der Waals surface area contributed by atoms with Gasteiger partial charge in [-0.15, -0.1) is 0 Å². The van der Waals surface area contributed by atoms with Crippen LogP contribution < -0.4 is 20.3 Å². The molecule has 1 atom stereocenters. The molecule has 0 fully saturated rings. The van der Waals surface area contributed by atoms with Crippen molar-refractivity contribution >= 4 is 40.5 Å². The maximum atomic E-state index is 13.5. The van der Waals surface area contributed by atoms with Gasteiger partial charge in [-0.05, 0) is 49.4 Å². The molecule has 10 heteroatoms. The molecule has 1 aliphatic rings. The average Bonchev–Trinajstić information content (AvgIpc) is 2.85. The van der Waals surface area contributed by atoms with Crippen molar-refractivity contribution in [3.05, 3.63) is 88.5 Å². The SMILES string of the molecule is CCOc1ccc(NC(=O)C[C@H]2C(=O)Nc3ccccc3N2C(=O)c2cccc([N+](=O)[O-])c2)cc1. The average molecular weight is 474 g/mol. The molecule has 0 unspecified atom stereocenters. The van der Waals surface area contributed by atoms with Crippen molar-refractivity contribution in [3.8, 4) is 5.75 Å². The number of nitrogens with one attached hydrogen (secondary N) is 2. The molecule has 0 spiro atoms. The second-order valence-electron chi connectivity index (χ2n) is 7.71. The number of nitro groups is 1. The van der Waals surface area contributed by atoms with Crippen LogP contribution in [0.5, 0.6) is 5.75 Å². The third-order valence-corrected chi connectivity index (χ3v) is 5.39. The molecule has 0 saturated carbocycles. The summed E-state index contributed by atoms with van der Waals surface area (Å²) in [4.78, 5) is 51.1. The van der Waals surface area contributed by atoms with Crippen molar-refractivity contribution in [3.63, 3.8) is 0 Å². The number of hydrogen-bond donors (Lipinski definition) is 2. The topological polar surface area (TPSA) is 131 Å². The zero-order valence-corrected chi connectivity index (χ0v) is 18.8. The number of amides is 3. The van der Waals surface area contributed by atoms with Crippen molar-refractivity contribution in [2.24, 2.45) is 0 Å². The van der Waals surface area contributed by atoms with Crippen LogP contribution in [0.1, 0.15) is 23.7 Å². The minimum absolute atomic E-state index is 0.0284. The van der Waals surface area contributed by atoms with E-state index in [-0.39, 0.29) is 17.7 Å². The Kier molecular flexibility index (Phi) is 6.72. The summed E-state index contributed by atoms with van der Waals surface area (Å²) < 4.78 is 5.39. The first-order valence-electron chi connectivity index (χ1n) is 10.9. The van der Waals surface area contributed by atoms with Crippen LogP contribution in [0.25, 0.3) is 0 Å². The minimum atomic E-state index is -1.17. The molecule has 3 aromatic carbocycles. The summed E-state index contributed by atoms with van der Waals surface area (Å²) in [6.45, 7) is 2.38. The number of anilines is 3. The zero-order chi connectivity index (χ0) is 24.9. The molecule has 0 aliphatic carbocycles. The molecule has 0 saturated heterocycles. The Labute approximate surface area is 200 Å². The predicted octanol–water partition coefficient (Wildman–Crippen LogP) is 3.99. The molecule has 1 heterocycles. The van der Waals surface area contributed by atoms with Crippen molar-refractivity contribution in [1.82, 2.24) is 0 Å². The second-order valence-corrected chi connectivity index (χ2v) is 7.71. The number of rotatable bonds is 7. The number of para-hydroxylation sites is 2. The van der Waals surface area contributed by atoms with Gasteiger partial charge < -0.3 is 15.4 Å². The number of non-ortho nitro benzene ring substituents is 1. The van der Waals surface area contributed by atoms with E-state index in [1.807, 2.05) is 6.92 Å². The third kappa shape index (κ3) is 5.11. The van der Waals surface area contributed by atoms with E-state index in [0.29, 0.717) is 29.4 Å². The molecule has 3 amide bonds. The van der Waals surface area contributed by atoms with Crippen LogP contribution in [0.2, 0.25) is 0 Å². The van der Waals surface area contributed by atoms with Gasteiger partial charge in [-0.3, -0.25) is 29.4 Å². The number of ether oxygens (including phenoxy) is 1. The molecular formula is C25H22N4O6. The number of hydrogen-bond acceptors (Lipinski definition) is 6. The van der Waals surface area contributed by atoms with E-state index in [2.05, 4.69) is 10.6 Å². The highest BCUT2D eigenvalue weighted by Crippen LogP contribution is 2.34. The zero-order valence-electron chi connectivity index (χ0n) is 18.8. The largest absolute Gasteiger partial charge is 0.494 e. The molecule has 2 N–H and O–H groups in total. The van der Waals surface area contributed by atoms with Crippen LogP contribution >= 0.6 is 0 Å². The van der Waals surface area contributed by atoms with Gasteiger partial charge in [0.05, 0.1) is 29.3 Å². The maximum absolute atomic E-state index is 13.5. The van der Waals surface area contributed by atoms with Gasteiger partial charge in [0.25, 0.3) is 11.6 Å². The number of benzene rings is 3. The first-order valence-corrected chi connectivity index (χ1v) is 10.9. The summed E-state index contributed by atoms with van der Waals surface area (Å²) in [5.74, 6) is -0.993. The molecule has 0 radical (unpaired) electrons. The van der Waals surface area contributed by atoms with Crippen molar-refractivity contribution in [2.45, 2.75) is 19.4 Å². The van der Waals surface area contributed by atoms with Crippen molar-refractivity contribution in [1.29, 1.82) is 0 Å². The summed E-state index contributed by atoms with van der Waals surface area (Å²) in [5, 5.41) is 16.7. The molecular weight excluding hydrogens is 452 g/mol. The molecule has 1 aliphatic heterocycles. The Morgan fingerprint density at radius 3 is 2.54 bits per heavy atom. The van der Waals surface area contributed by atoms with Gasteiger partial charge in [-0.25, -0.2) is 0 Å². The molecule has 4 rings (SSSR count). The Bertz CT molecular complexity index is 1290. The Hall–Kier alpha value is -4.73. The monoisotopic (exact) mass is 474 g/mol. The summed E-state index contributed by atoms with van der Waals surface area (Å²) in [7, 11) is 0. The lowest BCUT2D eigenvalue weighted by atomic mass is 10.0. The lowest BCUT2D eigenvalue weighted by Gasteiger charge is -2.36. The predicted molar refractivity (Wildman–Crippen MR) is 130 cm³/mol. The van der Waals surface area contributed by atoms with Gasteiger partial charge >= 0.3 is 0 Å². The summed E-state index contributed by atoms with van der Waals surface area (Å²) >= 11 is 0. The van der Waals surface area contributed by atoms with E-state index in [4.69, 9.17) is 4.74 Å². The fraction of sp³-hybridized carbons (Fsp3) is 0.160. The van der Waals surface area contributed by atoms with Crippen LogP contribution in [0.3, 0.4) is 0 Å². The molecule has 10 nitrogen and oxygen atoms in total. The number of carbonyl (C=O) groups is 3. The van der Waals surface area contributed by atoms with E-state index in [1.165, 1.54) is 23.1 Å². The second kappa shape index (κ2) is 10.0. The van der Waals surface area contributed by atoms with Gasteiger partial charge in [0.15, 0.2) is 0 Å². The van der Waals surface area contributed by atoms with Crippen LogP contribution in [0.15, 0.2) is 72.8 Å². The normalized spacial score (nSPS) is 14.5. The quantitative estimate of drug-likeness (QED) is 0.393. The number of nitrogens with zero attached hydrogens (tertiary/aromatic N) is 2. The van der Waals surface area contributed by atoms with E-state index < -0.39 is 28.7 Å². The summed E-state index contributed by atoms with van der Waals surface area (Å²) in [5.41, 5.74) is 1.07. The standard InChI is InChI=1S/C25H22N4O6/c1-2-35-19-12-10-17(11-13-19)26-23(30)15-22-24(31)27-20-8-3-4-9-21(20)28(22)25(32)16-6-5-7-18(14-16)29(33)34/h3-14,22H,2,15H2,1H3,(H,26,30)(H,27,31)/t22-/m0/s1. The van der Waals surface area contributed by atoms with Gasteiger partial charge in [0.1, 0.15) is 11.8 Å². The van der Waals surface area contributed by atoms with Crippen LogP contribution in [0.4, 0.5) is 22.7 Å². The Morgan fingerprint density at radius 1 is 1.09 bits per heavy atom. The highest BCUT2D eigenvalue weighted by molar-refractivity contribution is 6.18. The van der Waals surface area contributed by atoms with E-state index in [0.717, 1.165) is 6.07 Å². The first-order chi connectivity index (χ1) is 16.9. The highest BCUT2D eigenvalue weighted by Gasteiger charge is 2.38. The highest BCUT2D eigenvalue weighted by atomic mass is 16.6. The maximum Gasteiger partial charge on any atom is 0.270 e.